The predicted octanol–water partition coefficient (Wildman–Crippen LogP) is 7.24. The molecule has 4 heterocycles. The van der Waals surface area contributed by atoms with E-state index in [1.165, 1.54) is 22.8 Å². The Morgan fingerprint density at radius 2 is 1.58 bits per heavy atom. The summed E-state index contributed by atoms with van der Waals surface area (Å²) >= 11 is 0. The highest BCUT2D eigenvalue weighted by molar-refractivity contribution is 6.01. The van der Waals surface area contributed by atoms with Gasteiger partial charge in [0.2, 0.25) is 11.8 Å². The molecule has 2 N–H and O–H groups in total. The average Bonchev–Trinajstić information content (AvgIpc) is 3.20. The highest BCUT2D eigenvalue weighted by atomic mass is 19.4. The lowest BCUT2D eigenvalue weighted by molar-refractivity contribution is -0.275. The molecule has 3 saturated heterocycles. The van der Waals surface area contributed by atoms with Crippen LogP contribution in [0.25, 0.3) is 21.9 Å². The van der Waals surface area contributed by atoms with Crippen LogP contribution >= 0.6 is 0 Å². The Kier molecular flexibility index (Phi) is 11.7. The number of anilines is 1. The Bertz CT molecular complexity index is 2300. The van der Waals surface area contributed by atoms with Gasteiger partial charge in [0.1, 0.15) is 11.8 Å². The number of halogens is 6. The lowest BCUT2D eigenvalue weighted by Gasteiger charge is -2.41. The number of hydrogen-bond acceptors (Lipinski definition) is 7. The number of likely N-dealkylation sites (tertiary alicyclic amines) is 2. The van der Waals surface area contributed by atoms with E-state index in [0.29, 0.717) is 66.2 Å². The first-order valence-corrected chi connectivity index (χ1v) is 19.5. The van der Waals surface area contributed by atoms with Gasteiger partial charge in [-0.3, -0.25) is 24.6 Å². The molecule has 3 fully saturated rings. The van der Waals surface area contributed by atoms with Gasteiger partial charge in [-0.05, 0) is 78.8 Å². The number of imide groups is 1. The topological polar surface area (TPSA) is 116 Å². The predicted molar refractivity (Wildman–Crippen MR) is 208 cm³/mol. The summed E-state index contributed by atoms with van der Waals surface area (Å²) in [5.41, 5.74) is 0.586. The van der Waals surface area contributed by atoms with Gasteiger partial charge >= 0.3 is 18.6 Å². The van der Waals surface area contributed by atoms with E-state index in [4.69, 9.17) is 0 Å². The Labute approximate surface area is 335 Å². The van der Waals surface area contributed by atoms with Gasteiger partial charge in [-0.15, -0.1) is 13.2 Å². The maximum Gasteiger partial charge on any atom is 0.573 e. The molecule has 17 heteroatoms. The van der Waals surface area contributed by atoms with Crippen LogP contribution in [0, 0.1) is 0 Å². The monoisotopic (exact) mass is 826 g/mol. The quantitative estimate of drug-likeness (QED) is 0.142. The van der Waals surface area contributed by atoms with E-state index >= 15 is 0 Å². The third-order valence-corrected chi connectivity index (χ3v) is 11.6. The Morgan fingerprint density at radius 1 is 0.881 bits per heavy atom. The lowest BCUT2D eigenvalue weighted by atomic mass is 9.86. The smallest absolute Gasteiger partial charge is 0.405 e. The number of nitrogens with zero attached hydrogens (tertiary/aromatic N) is 4. The fourth-order valence-corrected chi connectivity index (χ4v) is 8.47. The van der Waals surface area contributed by atoms with Crippen LogP contribution in [0.4, 0.5) is 36.8 Å². The van der Waals surface area contributed by atoms with Crippen LogP contribution in [-0.4, -0.2) is 88.8 Å². The molecular weight excluding hydrogens is 782 g/mol. The second-order valence-electron chi connectivity index (χ2n) is 15.5. The lowest BCUT2D eigenvalue weighted by Crippen LogP contribution is -2.51. The molecule has 59 heavy (non-hydrogen) atoms. The number of urea groups is 1. The number of benzene rings is 3. The SMILES string of the molecule is CN(C(=O)N1CCC(c2ccc(NC3CCC(=O)NC3=O)cc2C(F)(F)F)CC1)C1CCN(Cc2ccc(-c3cn(C)c(=O)c4ccccc34)cc2OC(F)(F)F)CC1. The van der Waals surface area contributed by atoms with Crippen LogP contribution in [0.5, 0.6) is 5.75 Å². The minimum absolute atomic E-state index is 0.0833. The van der Waals surface area contributed by atoms with E-state index < -0.39 is 41.9 Å². The molecule has 0 spiro atoms. The van der Waals surface area contributed by atoms with Crippen LogP contribution in [0.15, 0.2) is 71.7 Å². The van der Waals surface area contributed by atoms with Crippen molar-refractivity contribution >= 4 is 34.3 Å². The van der Waals surface area contributed by atoms with Crippen LogP contribution in [-0.2, 0) is 29.4 Å². The number of rotatable bonds is 8. The van der Waals surface area contributed by atoms with Crippen molar-refractivity contribution in [2.24, 2.45) is 7.05 Å². The molecule has 4 amide bonds. The van der Waals surface area contributed by atoms with Crippen molar-refractivity contribution in [2.75, 3.05) is 38.5 Å². The number of alkyl halides is 6. The van der Waals surface area contributed by atoms with E-state index in [2.05, 4.69) is 15.4 Å². The highest BCUT2D eigenvalue weighted by Gasteiger charge is 2.38. The van der Waals surface area contributed by atoms with Crippen molar-refractivity contribution < 1.29 is 45.5 Å². The number of amides is 4. The largest absolute Gasteiger partial charge is 0.573 e. The molecule has 1 aromatic heterocycles. The van der Waals surface area contributed by atoms with Crippen molar-refractivity contribution in [2.45, 2.75) is 75.6 Å². The van der Waals surface area contributed by atoms with Crippen LogP contribution in [0.1, 0.15) is 61.1 Å². The molecule has 3 aliphatic heterocycles. The second kappa shape index (κ2) is 16.6. The van der Waals surface area contributed by atoms with Crippen molar-refractivity contribution in [1.82, 2.24) is 24.6 Å². The number of hydrogen-bond donors (Lipinski definition) is 2. The minimum atomic E-state index is -4.94. The number of nitrogens with one attached hydrogen (secondary N) is 2. The van der Waals surface area contributed by atoms with Crippen molar-refractivity contribution in [3.8, 4) is 16.9 Å². The van der Waals surface area contributed by atoms with Gasteiger partial charge in [0.05, 0.1) is 5.56 Å². The Balaban J connectivity index is 0.961. The maximum atomic E-state index is 14.3. The number of carbonyl (C=O) groups excluding carboxylic acids is 3. The van der Waals surface area contributed by atoms with Gasteiger partial charge in [-0.2, -0.15) is 13.2 Å². The molecule has 0 saturated carbocycles. The molecule has 3 aliphatic rings. The van der Waals surface area contributed by atoms with Crippen molar-refractivity contribution in [1.29, 1.82) is 0 Å². The summed E-state index contributed by atoms with van der Waals surface area (Å²) in [5.74, 6) is -1.80. The maximum absolute atomic E-state index is 14.3. The molecule has 7 rings (SSSR count). The van der Waals surface area contributed by atoms with Gasteiger partial charge in [0.15, 0.2) is 0 Å². The molecule has 4 aromatic rings. The summed E-state index contributed by atoms with van der Waals surface area (Å²) in [5, 5.41) is 6.05. The number of fused-ring (bicyclic) bond motifs is 1. The molecule has 1 atom stereocenters. The van der Waals surface area contributed by atoms with E-state index in [-0.39, 0.29) is 67.1 Å². The van der Waals surface area contributed by atoms with E-state index in [9.17, 15) is 45.5 Å². The standard InChI is InChI=1S/C42H44F6N6O5/c1-51-24-33(31-5-3-4-6-32(31)39(51)57)26-7-8-27(36(21-26)59-42(46,47)48)23-53-17-15-29(16-18-53)52(2)40(58)54-19-13-25(14-20-54)30-10-9-28(22-34(30)41(43,44)45)49-35-11-12-37(55)50-38(35)56/h3-10,21-22,24-25,29,35,49H,11-20,23H2,1-2H3,(H,50,55,56). The van der Waals surface area contributed by atoms with Crippen LogP contribution in [0.3, 0.4) is 0 Å². The van der Waals surface area contributed by atoms with Crippen molar-refractivity contribution in [3.05, 3.63) is 93.9 Å². The average molecular weight is 827 g/mol. The third kappa shape index (κ3) is 9.34. The third-order valence-electron chi connectivity index (χ3n) is 11.6. The zero-order valence-electron chi connectivity index (χ0n) is 32.5. The first-order valence-electron chi connectivity index (χ1n) is 19.5. The molecule has 3 aromatic carbocycles. The van der Waals surface area contributed by atoms with Crippen molar-refractivity contribution in [3.63, 3.8) is 0 Å². The number of carbonyl (C=O) groups is 3. The van der Waals surface area contributed by atoms with E-state index in [0.717, 1.165) is 6.07 Å². The fourth-order valence-electron chi connectivity index (χ4n) is 8.47. The zero-order valence-corrected chi connectivity index (χ0v) is 32.5. The van der Waals surface area contributed by atoms with Gasteiger partial charge in [-0.1, -0.05) is 36.4 Å². The number of piperidine rings is 3. The number of aryl methyl sites for hydroxylation is 1. The van der Waals surface area contributed by atoms with Gasteiger partial charge in [0, 0.05) is 87.7 Å². The van der Waals surface area contributed by atoms with E-state index in [1.54, 1.807) is 66.5 Å². The van der Waals surface area contributed by atoms with Gasteiger partial charge in [-0.25, -0.2) is 4.79 Å². The van der Waals surface area contributed by atoms with Gasteiger partial charge in [0.25, 0.3) is 5.56 Å². The Hall–Kier alpha value is -5.58. The fraction of sp³-hybridized carbons (Fsp3) is 0.429. The first kappa shape index (κ1) is 41.6. The van der Waals surface area contributed by atoms with Crippen LogP contribution in [0.2, 0.25) is 0 Å². The first-order chi connectivity index (χ1) is 27.9. The molecular formula is C42H44F6N6O5. The zero-order chi connectivity index (χ0) is 42.2. The Morgan fingerprint density at radius 3 is 2.24 bits per heavy atom. The number of ether oxygens (including phenoxy) is 1. The summed E-state index contributed by atoms with van der Waals surface area (Å²) in [4.78, 5) is 55.3. The van der Waals surface area contributed by atoms with Crippen LogP contribution < -0.4 is 20.9 Å². The number of pyridine rings is 1. The second-order valence-corrected chi connectivity index (χ2v) is 15.5. The molecule has 314 valence electrons. The summed E-state index contributed by atoms with van der Waals surface area (Å²) < 4.78 is 89.8. The minimum Gasteiger partial charge on any atom is -0.405 e. The summed E-state index contributed by atoms with van der Waals surface area (Å²) in [6, 6.07) is 14.3. The summed E-state index contributed by atoms with van der Waals surface area (Å²) in [6.45, 7) is 1.68. The molecule has 1 unspecified atom stereocenters. The molecule has 0 radical (unpaired) electrons. The highest BCUT2D eigenvalue weighted by Crippen LogP contribution is 2.41. The number of aromatic nitrogens is 1. The summed E-state index contributed by atoms with van der Waals surface area (Å²) in [7, 11) is 3.28. The normalized spacial score (nSPS) is 18.8. The molecule has 11 nitrogen and oxygen atoms in total. The van der Waals surface area contributed by atoms with E-state index in [1.807, 2.05) is 4.90 Å². The van der Waals surface area contributed by atoms with Gasteiger partial charge < -0.3 is 24.4 Å². The molecule has 0 bridgehead atoms. The summed E-state index contributed by atoms with van der Waals surface area (Å²) in [6.07, 6.45) is -5.99. The molecule has 0 aliphatic carbocycles.